The average Bonchev–Trinajstić information content (AvgIpc) is 2.68. The molecule has 0 aliphatic rings. The third kappa shape index (κ3) is 4.66. The van der Waals surface area contributed by atoms with Crippen molar-refractivity contribution >= 4 is 11.6 Å². The number of hydrogen-bond donors (Lipinski definition) is 1. The lowest BCUT2D eigenvalue weighted by Crippen LogP contribution is -2.22. The lowest BCUT2D eigenvalue weighted by Gasteiger charge is -2.09. The van der Waals surface area contributed by atoms with Crippen LogP contribution in [0.4, 0.5) is 10.1 Å². The van der Waals surface area contributed by atoms with E-state index in [1.807, 2.05) is 30.3 Å². The molecule has 1 amide bonds. The third-order valence-corrected chi connectivity index (χ3v) is 3.74. The van der Waals surface area contributed by atoms with Crippen LogP contribution in [0.15, 0.2) is 72.8 Å². The fourth-order valence-corrected chi connectivity index (χ4v) is 2.43. The number of halogens is 1. The molecule has 0 atom stereocenters. The predicted molar refractivity (Wildman–Crippen MR) is 97.2 cm³/mol. The highest BCUT2D eigenvalue weighted by atomic mass is 19.1. The van der Waals surface area contributed by atoms with Crippen LogP contribution >= 0.6 is 0 Å². The summed E-state index contributed by atoms with van der Waals surface area (Å²) in [5, 5.41) is 13.8. The van der Waals surface area contributed by atoms with Gasteiger partial charge in [-0.3, -0.25) is 14.9 Å². The van der Waals surface area contributed by atoms with Crippen LogP contribution < -0.4 is 10.1 Å². The first-order valence-electron chi connectivity index (χ1n) is 8.07. The van der Waals surface area contributed by atoms with E-state index < -0.39 is 16.4 Å². The first-order chi connectivity index (χ1) is 13.0. The fourth-order valence-electron chi connectivity index (χ4n) is 2.43. The van der Waals surface area contributed by atoms with Gasteiger partial charge in [0.2, 0.25) is 5.75 Å². The SMILES string of the molecule is O=C(NCc1ccccc1)c1cccc(Oc2ccc(F)cc2[N+](=O)[O-])c1. The molecular formula is C20H15FN2O4. The standard InChI is InChI=1S/C20H15FN2O4/c21-16-9-10-19(18(12-16)23(25)26)27-17-8-4-7-15(11-17)20(24)22-13-14-5-2-1-3-6-14/h1-12H,13H2,(H,22,24). The second kappa shape index (κ2) is 8.09. The number of ether oxygens (including phenoxy) is 1. The lowest BCUT2D eigenvalue weighted by atomic mass is 10.2. The first-order valence-corrected chi connectivity index (χ1v) is 8.07. The minimum Gasteiger partial charge on any atom is -0.450 e. The third-order valence-electron chi connectivity index (χ3n) is 3.74. The topological polar surface area (TPSA) is 81.5 Å². The normalized spacial score (nSPS) is 10.3. The molecule has 0 saturated carbocycles. The van der Waals surface area contributed by atoms with E-state index in [9.17, 15) is 19.3 Å². The maximum absolute atomic E-state index is 13.2. The number of nitro groups is 1. The summed E-state index contributed by atoms with van der Waals surface area (Å²) < 4.78 is 18.7. The number of nitrogens with one attached hydrogen (secondary N) is 1. The molecule has 3 rings (SSSR count). The van der Waals surface area contributed by atoms with Crippen LogP contribution in [0.5, 0.6) is 11.5 Å². The van der Waals surface area contributed by atoms with Crippen LogP contribution in [0.25, 0.3) is 0 Å². The molecule has 3 aromatic rings. The van der Waals surface area contributed by atoms with E-state index in [2.05, 4.69) is 5.32 Å². The number of hydrogen-bond acceptors (Lipinski definition) is 4. The number of carbonyl (C=O) groups is 1. The number of carbonyl (C=O) groups excluding carboxylic acids is 1. The smallest absolute Gasteiger partial charge is 0.314 e. The molecule has 0 unspecified atom stereocenters. The molecule has 1 N–H and O–H groups in total. The van der Waals surface area contributed by atoms with Gasteiger partial charge >= 0.3 is 5.69 Å². The van der Waals surface area contributed by atoms with Crippen molar-refractivity contribution in [2.24, 2.45) is 0 Å². The Morgan fingerprint density at radius 2 is 1.81 bits per heavy atom. The van der Waals surface area contributed by atoms with Crippen LogP contribution in [0.2, 0.25) is 0 Å². The molecule has 0 saturated heterocycles. The van der Waals surface area contributed by atoms with E-state index >= 15 is 0 Å². The van der Waals surface area contributed by atoms with Crippen molar-refractivity contribution in [3.05, 3.63) is 99.9 Å². The fraction of sp³-hybridized carbons (Fsp3) is 0.0500. The molecule has 0 bridgehead atoms. The van der Waals surface area contributed by atoms with Gasteiger partial charge in [-0.2, -0.15) is 0 Å². The summed E-state index contributed by atoms with van der Waals surface area (Å²) in [5.74, 6) is -0.915. The van der Waals surface area contributed by atoms with Gasteiger partial charge in [-0.1, -0.05) is 36.4 Å². The van der Waals surface area contributed by atoms with Crippen LogP contribution in [-0.4, -0.2) is 10.8 Å². The molecule has 7 heteroatoms. The summed E-state index contributed by atoms with van der Waals surface area (Å²) in [6.07, 6.45) is 0. The average molecular weight is 366 g/mol. The van der Waals surface area contributed by atoms with Gasteiger partial charge in [0.15, 0.2) is 0 Å². The van der Waals surface area contributed by atoms with Crippen LogP contribution in [-0.2, 0) is 6.54 Å². The van der Waals surface area contributed by atoms with Crippen molar-refractivity contribution in [3.63, 3.8) is 0 Å². The zero-order valence-electron chi connectivity index (χ0n) is 14.1. The van der Waals surface area contributed by atoms with Gasteiger partial charge in [-0.25, -0.2) is 4.39 Å². The maximum atomic E-state index is 13.2. The summed E-state index contributed by atoms with van der Waals surface area (Å²) in [6, 6.07) is 18.7. The van der Waals surface area contributed by atoms with E-state index in [-0.39, 0.29) is 17.4 Å². The van der Waals surface area contributed by atoms with Crippen molar-refractivity contribution in [1.82, 2.24) is 5.32 Å². The Bertz CT molecular complexity index is 977. The predicted octanol–water partition coefficient (Wildman–Crippen LogP) is 4.46. The number of rotatable bonds is 6. The molecule has 3 aromatic carbocycles. The Morgan fingerprint density at radius 1 is 1.04 bits per heavy atom. The van der Waals surface area contributed by atoms with Gasteiger partial charge in [-0.15, -0.1) is 0 Å². The Balaban J connectivity index is 1.74. The van der Waals surface area contributed by atoms with E-state index in [4.69, 9.17) is 4.74 Å². The summed E-state index contributed by atoms with van der Waals surface area (Å²) in [5.41, 5.74) is 0.808. The van der Waals surface area contributed by atoms with Gasteiger partial charge in [0, 0.05) is 12.1 Å². The van der Waals surface area contributed by atoms with Gasteiger partial charge in [0.1, 0.15) is 11.6 Å². The van der Waals surface area contributed by atoms with Crippen molar-refractivity contribution in [2.75, 3.05) is 0 Å². The minimum absolute atomic E-state index is 0.108. The molecule has 0 aliphatic heterocycles. The zero-order valence-corrected chi connectivity index (χ0v) is 14.1. The first kappa shape index (κ1) is 18.1. The molecular weight excluding hydrogens is 351 g/mol. The highest BCUT2D eigenvalue weighted by Gasteiger charge is 2.17. The van der Waals surface area contributed by atoms with Crippen LogP contribution in [0.3, 0.4) is 0 Å². The second-order valence-corrected chi connectivity index (χ2v) is 5.67. The lowest BCUT2D eigenvalue weighted by molar-refractivity contribution is -0.385. The molecule has 27 heavy (non-hydrogen) atoms. The summed E-state index contributed by atoms with van der Waals surface area (Å²) in [6.45, 7) is 0.369. The highest BCUT2D eigenvalue weighted by molar-refractivity contribution is 5.94. The van der Waals surface area contributed by atoms with Crippen molar-refractivity contribution < 1.29 is 18.8 Å². The van der Waals surface area contributed by atoms with Gasteiger partial charge in [-0.05, 0) is 35.9 Å². The van der Waals surface area contributed by atoms with Crippen LogP contribution in [0.1, 0.15) is 15.9 Å². The Kier molecular flexibility index (Phi) is 5.41. The quantitative estimate of drug-likeness (QED) is 0.516. The Hall–Kier alpha value is -3.74. The van der Waals surface area contributed by atoms with E-state index in [1.165, 1.54) is 12.1 Å². The number of benzene rings is 3. The number of nitro benzene ring substituents is 1. The molecule has 0 heterocycles. The molecule has 6 nitrogen and oxygen atoms in total. The zero-order chi connectivity index (χ0) is 19.2. The molecule has 0 aliphatic carbocycles. The monoisotopic (exact) mass is 366 g/mol. The summed E-state index contributed by atoms with van der Waals surface area (Å²) >= 11 is 0. The molecule has 0 aromatic heterocycles. The van der Waals surface area contributed by atoms with Crippen molar-refractivity contribution in [1.29, 1.82) is 0 Å². The molecule has 136 valence electrons. The van der Waals surface area contributed by atoms with E-state index in [1.54, 1.807) is 18.2 Å². The number of amides is 1. The molecule has 0 radical (unpaired) electrons. The number of nitrogens with zero attached hydrogens (tertiary/aromatic N) is 1. The molecule has 0 fully saturated rings. The molecule has 0 spiro atoms. The van der Waals surface area contributed by atoms with Crippen molar-refractivity contribution in [2.45, 2.75) is 6.54 Å². The van der Waals surface area contributed by atoms with Gasteiger partial charge < -0.3 is 10.1 Å². The highest BCUT2D eigenvalue weighted by Crippen LogP contribution is 2.32. The largest absolute Gasteiger partial charge is 0.450 e. The summed E-state index contributed by atoms with van der Waals surface area (Å²) in [7, 11) is 0. The van der Waals surface area contributed by atoms with Gasteiger partial charge in [0.05, 0.1) is 11.0 Å². The summed E-state index contributed by atoms with van der Waals surface area (Å²) in [4.78, 5) is 22.6. The van der Waals surface area contributed by atoms with E-state index in [0.717, 1.165) is 17.7 Å². The Morgan fingerprint density at radius 3 is 2.56 bits per heavy atom. The second-order valence-electron chi connectivity index (χ2n) is 5.67. The van der Waals surface area contributed by atoms with E-state index in [0.29, 0.717) is 12.1 Å². The maximum Gasteiger partial charge on any atom is 0.314 e. The Labute approximate surface area is 154 Å². The van der Waals surface area contributed by atoms with Crippen molar-refractivity contribution in [3.8, 4) is 11.5 Å². The minimum atomic E-state index is -0.733. The van der Waals surface area contributed by atoms with Gasteiger partial charge in [0.25, 0.3) is 5.91 Å². The van der Waals surface area contributed by atoms with Crippen LogP contribution in [0, 0.1) is 15.9 Å².